The van der Waals surface area contributed by atoms with Crippen LogP contribution in [0.15, 0.2) is 90.2 Å². The number of para-hydroxylation sites is 4. The van der Waals surface area contributed by atoms with Crippen molar-refractivity contribution < 1.29 is 4.79 Å². The van der Waals surface area contributed by atoms with E-state index in [4.69, 9.17) is 15.7 Å². The summed E-state index contributed by atoms with van der Waals surface area (Å²) in [5.74, 6) is -0.214. The number of amides is 1. The van der Waals surface area contributed by atoms with E-state index in [1.54, 1.807) is 6.21 Å². The van der Waals surface area contributed by atoms with Crippen molar-refractivity contribution in [2.45, 2.75) is 0 Å². The minimum absolute atomic E-state index is 0.162. The summed E-state index contributed by atoms with van der Waals surface area (Å²) < 4.78 is 1.47. The Morgan fingerprint density at radius 1 is 0.941 bits per heavy atom. The number of carbonyl (C=O) groups is 1. The monoisotopic (exact) mass is 445 g/mol. The van der Waals surface area contributed by atoms with Crippen LogP contribution in [0.1, 0.15) is 15.9 Å². The third kappa shape index (κ3) is 3.25. The Morgan fingerprint density at radius 2 is 1.65 bits per heavy atom. The molecule has 1 amide bonds. The van der Waals surface area contributed by atoms with Gasteiger partial charge >= 0.3 is 0 Å². The zero-order valence-corrected chi connectivity index (χ0v) is 17.9. The normalized spacial score (nSPS) is 11.6. The van der Waals surface area contributed by atoms with Gasteiger partial charge in [0.25, 0.3) is 5.91 Å². The van der Waals surface area contributed by atoms with Crippen LogP contribution in [0.2, 0.25) is 0 Å². The molecule has 6 rings (SSSR count). The molecule has 0 unspecified atom stereocenters. The second-order valence-electron chi connectivity index (χ2n) is 7.81. The molecular formula is C26H19N7O. The van der Waals surface area contributed by atoms with Crippen molar-refractivity contribution >= 4 is 56.7 Å². The molecule has 8 nitrogen and oxygen atoms in total. The minimum Gasteiger partial charge on any atom is -0.383 e. The van der Waals surface area contributed by atoms with Gasteiger partial charge in [-0.15, -0.1) is 0 Å². The standard InChI is InChI=1S/C26H19N7O/c27-24-22(26(34)30-17-8-2-1-3-9-17)23-25(32-21-13-7-6-12-20(21)31-23)33(24)29-15-16-14-28-19-11-5-4-10-18(16)19/h1-15,28H,27H2,(H,30,34)/b29-15-. The largest absolute Gasteiger partial charge is 0.383 e. The van der Waals surface area contributed by atoms with E-state index >= 15 is 0 Å². The highest BCUT2D eigenvalue weighted by atomic mass is 16.1. The molecular weight excluding hydrogens is 426 g/mol. The number of hydrogen-bond acceptors (Lipinski definition) is 5. The second-order valence-corrected chi connectivity index (χ2v) is 7.81. The number of nitrogens with two attached hydrogens (primary N) is 1. The van der Waals surface area contributed by atoms with Gasteiger partial charge in [0.15, 0.2) is 5.65 Å². The fourth-order valence-corrected chi connectivity index (χ4v) is 4.02. The van der Waals surface area contributed by atoms with Crippen molar-refractivity contribution in [1.82, 2.24) is 19.6 Å². The van der Waals surface area contributed by atoms with Crippen LogP contribution in [0, 0.1) is 0 Å². The van der Waals surface area contributed by atoms with Crippen LogP contribution in [-0.4, -0.2) is 31.7 Å². The number of nitrogen functional groups attached to an aromatic ring is 1. The summed E-state index contributed by atoms with van der Waals surface area (Å²) >= 11 is 0. The Labute approximate surface area is 193 Å². The molecule has 0 aliphatic rings. The van der Waals surface area contributed by atoms with Crippen molar-refractivity contribution in [3.05, 3.63) is 96.2 Å². The van der Waals surface area contributed by atoms with Gasteiger partial charge < -0.3 is 16.0 Å². The first kappa shape index (κ1) is 19.7. The molecule has 0 saturated carbocycles. The summed E-state index contributed by atoms with van der Waals surface area (Å²) in [6.45, 7) is 0. The number of anilines is 2. The number of rotatable bonds is 4. The molecule has 8 heteroatoms. The van der Waals surface area contributed by atoms with Crippen molar-refractivity contribution in [3.8, 4) is 0 Å². The van der Waals surface area contributed by atoms with Crippen LogP contribution in [-0.2, 0) is 0 Å². The number of hydrogen-bond donors (Lipinski definition) is 3. The second kappa shape index (κ2) is 7.86. The van der Waals surface area contributed by atoms with Gasteiger partial charge in [-0.3, -0.25) is 4.79 Å². The molecule has 4 N–H and O–H groups in total. The zero-order valence-electron chi connectivity index (χ0n) is 17.9. The van der Waals surface area contributed by atoms with E-state index in [1.807, 2.05) is 85.1 Å². The maximum Gasteiger partial charge on any atom is 0.261 e. The number of aromatic amines is 1. The van der Waals surface area contributed by atoms with Crippen molar-refractivity contribution in [3.63, 3.8) is 0 Å². The molecule has 6 aromatic rings. The van der Waals surface area contributed by atoms with E-state index in [0.29, 0.717) is 27.9 Å². The lowest BCUT2D eigenvalue weighted by Crippen LogP contribution is -2.14. The van der Waals surface area contributed by atoms with E-state index < -0.39 is 0 Å². The molecule has 0 saturated heterocycles. The van der Waals surface area contributed by atoms with Crippen molar-refractivity contribution in [2.75, 3.05) is 11.1 Å². The summed E-state index contributed by atoms with van der Waals surface area (Å²) in [4.78, 5) is 25.9. The number of H-pyrrole nitrogens is 1. The fourth-order valence-electron chi connectivity index (χ4n) is 4.02. The molecule has 0 bridgehead atoms. The predicted molar refractivity (Wildman–Crippen MR) is 135 cm³/mol. The highest BCUT2D eigenvalue weighted by Gasteiger charge is 2.24. The maximum absolute atomic E-state index is 13.3. The Kier molecular flexibility index (Phi) is 4.55. The van der Waals surface area contributed by atoms with E-state index in [0.717, 1.165) is 16.5 Å². The number of fused-ring (bicyclic) bond motifs is 3. The maximum atomic E-state index is 13.3. The summed E-state index contributed by atoms with van der Waals surface area (Å²) in [7, 11) is 0. The van der Waals surface area contributed by atoms with Gasteiger partial charge in [0.1, 0.15) is 16.9 Å². The molecule has 0 aliphatic heterocycles. The van der Waals surface area contributed by atoms with E-state index in [-0.39, 0.29) is 17.3 Å². The van der Waals surface area contributed by atoms with Gasteiger partial charge in [-0.25, -0.2) is 9.97 Å². The van der Waals surface area contributed by atoms with E-state index in [2.05, 4.69) is 15.4 Å². The lowest BCUT2D eigenvalue weighted by Gasteiger charge is -2.05. The third-order valence-electron chi connectivity index (χ3n) is 5.67. The first-order chi connectivity index (χ1) is 16.7. The fraction of sp³-hybridized carbons (Fsp3) is 0. The summed E-state index contributed by atoms with van der Waals surface area (Å²) in [6.07, 6.45) is 3.57. The number of aromatic nitrogens is 4. The topological polar surface area (TPSA) is 114 Å². The van der Waals surface area contributed by atoms with Crippen LogP contribution < -0.4 is 11.1 Å². The van der Waals surface area contributed by atoms with Gasteiger partial charge in [0.05, 0.1) is 17.2 Å². The number of nitrogens with one attached hydrogen (secondary N) is 2. The predicted octanol–water partition coefficient (Wildman–Crippen LogP) is 4.78. The summed E-state index contributed by atoms with van der Waals surface area (Å²) in [5, 5.41) is 8.52. The highest BCUT2D eigenvalue weighted by Crippen LogP contribution is 2.29. The number of benzene rings is 3. The summed E-state index contributed by atoms with van der Waals surface area (Å²) in [6, 6.07) is 24.6. The van der Waals surface area contributed by atoms with Crippen LogP contribution >= 0.6 is 0 Å². The van der Waals surface area contributed by atoms with E-state index in [1.165, 1.54) is 4.68 Å². The van der Waals surface area contributed by atoms with Gasteiger partial charge in [0, 0.05) is 28.4 Å². The quantitative estimate of drug-likeness (QED) is 0.339. The lowest BCUT2D eigenvalue weighted by atomic mass is 10.2. The van der Waals surface area contributed by atoms with Crippen LogP contribution in [0.4, 0.5) is 11.5 Å². The van der Waals surface area contributed by atoms with Crippen LogP contribution in [0.25, 0.3) is 33.1 Å². The smallest absolute Gasteiger partial charge is 0.261 e. The first-order valence-corrected chi connectivity index (χ1v) is 10.7. The molecule has 0 fully saturated rings. The average molecular weight is 445 g/mol. The number of carbonyl (C=O) groups excluding carboxylic acids is 1. The van der Waals surface area contributed by atoms with Crippen LogP contribution in [0.5, 0.6) is 0 Å². The van der Waals surface area contributed by atoms with Gasteiger partial charge in [-0.1, -0.05) is 48.5 Å². The number of nitrogens with zero attached hydrogens (tertiary/aromatic N) is 4. The SMILES string of the molecule is Nc1c(C(=O)Nc2ccccc2)c2nc3ccccc3nc2n1/N=C\c1c[nH]c2ccccc12. The summed E-state index contributed by atoms with van der Waals surface area (Å²) in [5.41, 5.74) is 11.4. The Morgan fingerprint density at radius 3 is 2.47 bits per heavy atom. The minimum atomic E-state index is -0.376. The highest BCUT2D eigenvalue weighted by molar-refractivity contribution is 6.16. The molecule has 0 atom stereocenters. The molecule has 0 radical (unpaired) electrons. The van der Waals surface area contributed by atoms with Gasteiger partial charge in [-0.05, 0) is 30.3 Å². The molecule has 3 aromatic carbocycles. The van der Waals surface area contributed by atoms with Gasteiger partial charge in [0.2, 0.25) is 0 Å². The average Bonchev–Trinajstić information content (AvgIpc) is 3.39. The van der Waals surface area contributed by atoms with Crippen LogP contribution in [0.3, 0.4) is 0 Å². The zero-order chi connectivity index (χ0) is 23.1. The first-order valence-electron chi connectivity index (χ1n) is 10.7. The molecule has 3 aromatic heterocycles. The van der Waals surface area contributed by atoms with Gasteiger partial charge in [-0.2, -0.15) is 9.78 Å². The molecule has 164 valence electrons. The Balaban J connectivity index is 1.52. The van der Waals surface area contributed by atoms with Crippen molar-refractivity contribution in [1.29, 1.82) is 0 Å². The lowest BCUT2D eigenvalue weighted by molar-refractivity contribution is 0.102. The Bertz CT molecular complexity index is 1710. The Hall–Kier alpha value is -4.98. The molecule has 3 heterocycles. The van der Waals surface area contributed by atoms with Crippen molar-refractivity contribution in [2.24, 2.45) is 5.10 Å². The van der Waals surface area contributed by atoms with E-state index in [9.17, 15) is 4.79 Å². The molecule has 0 spiro atoms. The molecule has 34 heavy (non-hydrogen) atoms. The molecule has 0 aliphatic carbocycles. The third-order valence-corrected chi connectivity index (χ3v) is 5.67.